The third-order valence-corrected chi connectivity index (χ3v) is 2.65. The molecule has 0 atom stereocenters. The van der Waals surface area contributed by atoms with Gasteiger partial charge in [-0.05, 0) is 17.7 Å². The summed E-state index contributed by atoms with van der Waals surface area (Å²) in [5.74, 6) is -1.10. The minimum absolute atomic E-state index is 0.0421. The van der Waals surface area contributed by atoms with Crippen LogP contribution in [0.5, 0.6) is 0 Å². The largest absolute Gasteiger partial charge is 0.534 e. The number of nitrogens with zero attached hydrogens (tertiary/aromatic N) is 1. The van der Waals surface area contributed by atoms with Crippen molar-refractivity contribution in [2.24, 2.45) is 0 Å². The monoisotopic (exact) mass is 283 g/mol. The van der Waals surface area contributed by atoms with E-state index in [1.807, 2.05) is 0 Å². The van der Waals surface area contributed by atoms with Crippen LogP contribution in [-0.4, -0.2) is 23.0 Å². The molecule has 1 aromatic carbocycles. The lowest BCUT2D eigenvalue weighted by Crippen LogP contribution is -2.32. The first-order valence-electron chi connectivity index (χ1n) is 5.51. The number of halogens is 1. The number of ether oxygens (including phenoxy) is 1. The van der Waals surface area contributed by atoms with Gasteiger partial charge >= 0.3 is 6.16 Å². The molecule has 1 aromatic rings. The maximum atomic E-state index is 11.3. The summed E-state index contributed by atoms with van der Waals surface area (Å²) in [5, 5.41) is 0.944. The fraction of sp³-hybridized carbons (Fsp3) is 0.250. The average Bonchev–Trinajstić information content (AvgIpc) is 2.68. The number of hydrogen-bond acceptors (Lipinski definition) is 5. The zero-order chi connectivity index (χ0) is 13.8. The van der Waals surface area contributed by atoms with Gasteiger partial charge in [0.15, 0.2) is 0 Å². The highest BCUT2D eigenvalue weighted by molar-refractivity contribution is 6.30. The molecule has 0 spiro atoms. The summed E-state index contributed by atoms with van der Waals surface area (Å²) in [4.78, 5) is 38.2. The minimum Gasteiger partial charge on any atom is -0.428 e. The highest BCUT2D eigenvalue weighted by atomic mass is 35.5. The molecule has 1 saturated heterocycles. The predicted octanol–water partition coefficient (Wildman–Crippen LogP) is 2.06. The van der Waals surface area contributed by atoms with Crippen LogP contribution in [-0.2, 0) is 25.8 Å². The Morgan fingerprint density at radius 1 is 1.26 bits per heavy atom. The van der Waals surface area contributed by atoms with E-state index in [1.165, 1.54) is 0 Å². The van der Waals surface area contributed by atoms with Gasteiger partial charge in [0.25, 0.3) is 11.8 Å². The topological polar surface area (TPSA) is 72.9 Å². The van der Waals surface area contributed by atoms with Crippen molar-refractivity contribution >= 4 is 29.6 Å². The number of carbonyl (C=O) groups is 3. The molecule has 2 rings (SSSR count). The van der Waals surface area contributed by atoms with Gasteiger partial charge in [0.1, 0.15) is 6.61 Å². The van der Waals surface area contributed by atoms with Gasteiger partial charge in [-0.2, -0.15) is 0 Å². The first-order chi connectivity index (χ1) is 9.06. The van der Waals surface area contributed by atoms with Gasteiger partial charge in [-0.3, -0.25) is 14.4 Å². The molecule has 0 saturated carbocycles. The Kier molecular flexibility index (Phi) is 4.01. The molecular weight excluding hydrogens is 274 g/mol. The number of hydroxylamine groups is 2. The number of imide groups is 1. The molecule has 0 radical (unpaired) electrons. The van der Waals surface area contributed by atoms with Crippen LogP contribution in [0.15, 0.2) is 24.3 Å². The first-order valence-corrected chi connectivity index (χ1v) is 5.89. The van der Waals surface area contributed by atoms with E-state index in [4.69, 9.17) is 16.3 Å². The van der Waals surface area contributed by atoms with Crippen LogP contribution in [0.4, 0.5) is 4.79 Å². The van der Waals surface area contributed by atoms with Crippen molar-refractivity contribution in [3.63, 3.8) is 0 Å². The molecule has 100 valence electrons. The van der Waals surface area contributed by atoms with E-state index in [0.29, 0.717) is 15.6 Å². The molecule has 6 nitrogen and oxygen atoms in total. The summed E-state index contributed by atoms with van der Waals surface area (Å²) in [6, 6.07) is 6.73. The van der Waals surface area contributed by atoms with Crippen molar-refractivity contribution < 1.29 is 24.0 Å². The van der Waals surface area contributed by atoms with Crippen molar-refractivity contribution in [3.8, 4) is 0 Å². The number of amides is 2. The molecule has 0 N–H and O–H groups in total. The fourth-order valence-electron chi connectivity index (χ4n) is 1.53. The van der Waals surface area contributed by atoms with Crippen LogP contribution in [0, 0.1) is 0 Å². The Bertz CT molecular complexity index is 515. The van der Waals surface area contributed by atoms with Crippen LogP contribution in [0.25, 0.3) is 0 Å². The number of hydrogen-bond donors (Lipinski definition) is 0. The molecule has 1 aliphatic rings. The van der Waals surface area contributed by atoms with Crippen molar-refractivity contribution in [1.29, 1.82) is 0 Å². The smallest absolute Gasteiger partial charge is 0.428 e. The highest BCUT2D eigenvalue weighted by Gasteiger charge is 2.33. The molecule has 1 aliphatic heterocycles. The number of rotatable bonds is 3. The Morgan fingerprint density at radius 3 is 2.58 bits per heavy atom. The first kappa shape index (κ1) is 13.4. The Morgan fingerprint density at radius 2 is 1.95 bits per heavy atom. The summed E-state index contributed by atoms with van der Waals surface area (Å²) in [7, 11) is 0. The minimum atomic E-state index is -1.11. The van der Waals surface area contributed by atoms with Crippen molar-refractivity contribution in [1.82, 2.24) is 5.06 Å². The molecule has 2 amide bonds. The highest BCUT2D eigenvalue weighted by Crippen LogP contribution is 2.14. The molecule has 0 aliphatic carbocycles. The SMILES string of the molecule is O=C(OCc1cccc(Cl)c1)ON1C(=O)CCC1=O. The molecule has 0 aromatic heterocycles. The number of carbonyl (C=O) groups excluding carboxylic acids is 3. The maximum Gasteiger partial charge on any atom is 0.534 e. The van der Waals surface area contributed by atoms with Crippen molar-refractivity contribution in [2.75, 3.05) is 0 Å². The molecule has 1 heterocycles. The fourth-order valence-corrected chi connectivity index (χ4v) is 1.74. The van der Waals surface area contributed by atoms with Crippen LogP contribution in [0.3, 0.4) is 0 Å². The maximum absolute atomic E-state index is 11.3. The molecule has 19 heavy (non-hydrogen) atoms. The summed E-state index contributed by atoms with van der Waals surface area (Å²) in [5.41, 5.74) is 0.670. The second kappa shape index (κ2) is 5.71. The van der Waals surface area contributed by atoms with Gasteiger partial charge in [0, 0.05) is 17.9 Å². The summed E-state index contributed by atoms with van der Waals surface area (Å²) >= 11 is 5.77. The summed E-state index contributed by atoms with van der Waals surface area (Å²) < 4.78 is 4.78. The zero-order valence-corrected chi connectivity index (χ0v) is 10.6. The quantitative estimate of drug-likeness (QED) is 0.627. The van der Waals surface area contributed by atoms with E-state index >= 15 is 0 Å². The summed E-state index contributed by atoms with van der Waals surface area (Å²) in [6.45, 7) is -0.0599. The second-order valence-corrected chi connectivity index (χ2v) is 4.28. The normalized spacial score (nSPS) is 14.7. The van der Waals surface area contributed by atoms with Gasteiger partial charge in [-0.25, -0.2) is 4.79 Å². The standard InChI is InChI=1S/C12H10ClNO5/c13-9-3-1-2-8(6-9)7-18-12(17)19-14-10(15)4-5-11(14)16/h1-3,6H,4-5,7H2. The van der Waals surface area contributed by atoms with E-state index in [-0.39, 0.29) is 19.4 Å². The van der Waals surface area contributed by atoms with E-state index in [9.17, 15) is 14.4 Å². The average molecular weight is 284 g/mol. The molecular formula is C12H10ClNO5. The van der Waals surface area contributed by atoms with Gasteiger partial charge in [-0.15, -0.1) is 0 Å². The Labute approximate surface area is 113 Å². The van der Waals surface area contributed by atoms with Gasteiger partial charge in [0.05, 0.1) is 0 Å². The zero-order valence-electron chi connectivity index (χ0n) is 9.80. The Hall–Kier alpha value is -2.08. The lowest BCUT2D eigenvalue weighted by Gasteiger charge is -2.12. The lowest BCUT2D eigenvalue weighted by molar-refractivity contribution is -0.177. The van der Waals surface area contributed by atoms with Gasteiger partial charge in [-0.1, -0.05) is 28.8 Å². The van der Waals surface area contributed by atoms with Gasteiger partial charge < -0.3 is 4.74 Å². The van der Waals surface area contributed by atoms with Crippen LogP contribution < -0.4 is 0 Å². The van der Waals surface area contributed by atoms with Crippen LogP contribution >= 0.6 is 11.6 Å². The lowest BCUT2D eigenvalue weighted by atomic mass is 10.2. The van der Waals surface area contributed by atoms with Crippen molar-refractivity contribution in [3.05, 3.63) is 34.9 Å². The van der Waals surface area contributed by atoms with Crippen LogP contribution in [0.1, 0.15) is 18.4 Å². The van der Waals surface area contributed by atoms with E-state index in [2.05, 4.69) is 4.84 Å². The van der Waals surface area contributed by atoms with E-state index < -0.39 is 18.0 Å². The van der Waals surface area contributed by atoms with Crippen LogP contribution in [0.2, 0.25) is 5.02 Å². The molecule has 0 unspecified atom stereocenters. The predicted molar refractivity (Wildman–Crippen MR) is 63.8 cm³/mol. The third-order valence-electron chi connectivity index (χ3n) is 2.42. The Balaban J connectivity index is 1.85. The van der Waals surface area contributed by atoms with Gasteiger partial charge in [0.2, 0.25) is 0 Å². The second-order valence-electron chi connectivity index (χ2n) is 3.84. The third kappa shape index (κ3) is 3.45. The van der Waals surface area contributed by atoms with E-state index in [1.54, 1.807) is 24.3 Å². The molecule has 7 heteroatoms. The molecule has 1 fully saturated rings. The number of benzene rings is 1. The summed E-state index contributed by atoms with van der Waals surface area (Å²) in [6.07, 6.45) is -1.02. The van der Waals surface area contributed by atoms with Crippen molar-refractivity contribution in [2.45, 2.75) is 19.4 Å². The van der Waals surface area contributed by atoms with E-state index in [0.717, 1.165) is 0 Å². The molecule has 0 bridgehead atoms.